The van der Waals surface area contributed by atoms with Crippen molar-refractivity contribution in [3.63, 3.8) is 0 Å². The van der Waals surface area contributed by atoms with Gasteiger partial charge in [0.15, 0.2) is 5.15 Å². The van der Waals surface area contributed by atoms with Crippen LogP contribution in [0.25, 0.3) is 0 Å². The van der Waals surface area contributed by atoms with Gasteiger partial charge in [-0.05, 0) is 24.8 Å². The average molecular weight is 266 g/mol. The summed E-state index contributed by atoms with van der Waals surface area (Å²) in [6, 6.07) is 3.56. The van der Waals surface area contributed by atoms with Gasteiger partial charge >= 0.3 is 0 Å². The van der Waals surface area contributed by atoms with Crippen molar-refractivity contribution in [3.05, 3.63) is 17.3 Å². The summed E-state index contributed by atoms with van der Waals surface area (Å²) in [7, 11) is 0. The molecule has 0 aromatic carbocycles. The topological polar surface area (TPSA) is 38.2 Å². The molecule has 1 saturated carbocycles. The van der Waals surface area contributed by atoms with E-state index in [0.717, 1.165) is 5.92 Å². The zero-order valence-electron chi connectivity index (χ0n) is 10.1. The fourth-order valence-electron chi connectivity index (χ4n) is 4.06. The van der Waals surface area contributed by atoms with Crippen LogP contribution in [0.1, 0.15) is 12.8 Å². The van der Waals surface area contributed by atoms with Gasteiger partial charge in [0.05, 0.1) is 0 Å². The third kappa shape index (κ3) is 1.79. The van der Waals surface area contributed by atoms with Crippen molar-refractivity contribution in [2.75, 3.05) is 19.6 Å². The predicted molar refractivity (Wildman–Crippen MR) is 67.6 cm³/mol. The molecular weight excluding hydrogens is 250 g/mol. The minimum atomic E-state index is 0.327. The van der Waals surface area contributed by atoms with Crippen LogP contribution in [-0.4, -0.2) is 40.8 Å². The molecule has 96 valence electrons. The molecule has 4 fully saturated rings. The Morgan fingerprint density at radius 2 is 1.89 bits per heavy atom. The first-order valence-corrected chi connectivity index (χ1v) is 7.04. The summed E-state index contributed by atoms with van der Waals surface area (Å²) >= 11 is 5.74. The zero-order valence-corrected chi connectivity index (χ0v) is 10.9. The minimum absolute atomic E-state index is 0.327. The van der Waals surface area contributed by atoms with Crippen LogP contribution in [0.4, 0.5) is 0 Å². The summed E-state index contributed by atoms with van der Waals surface area (Å²) < 4.78 is 6.09. The lowest BCUT2D eigenvalue weighted by Gasteiger charge is -2.55. The number of rotatable bonds is 2. The van der Waals surface area contributed by atoms with Crippen molar-refractivity contribution in [2.45, 2.75) is 18.9 Å². The summed E-state index contributed by atoms with van der Waals surface area (Å²) in [5, 5.41) is 8.27. The number of halogens is 1. The molecule has 4 heterocycles. The Morgan fingerprint density at radius 3 is 2.50 bits per heavy atom. The lowest BCUT2D eigenvalue weighted by atomic mass is 9.66. The Balaban J connectivity index is 1.53. The lowest BCUT2D eigenvalue weighted by molar-refractivity contribution is -0.0999. The predicted octanol–water partition coefficient (Wildman–Crippen LogP) is 1.85. The molecule has 0 amide bonds. The number of hydrogen-bond acceptors (Lipinski definition) is 4. The Kier molecular flexibility index (Phi) is 2.49. The highest BCUT2D eigenvalue weighted by Crippen LogP contribution is 2.44. The Bertz CT molecular complexity index is 422. The van der Waals surface area contributed by atoms with E-state index in [-0.39, 0.29) is 0 Å². The number of piperidine rings is 3. The number of aromatic nitrogens is 2. The molecule has 1 aromatic heterocycles. The van der Waals surface area contributed by atoms with Crippen LogP contribution in [0.3, 0.4) is 0 Å². The highest BCUT2D eigenvalue weighted by Gasteiger charge is 2.48. The van der Waals surface area contributed by atoms with E-state index in [1.165, 1.54) is 32.5 Å². The van der Waals surface area contributed by atoms with Crippen LogP contribution in [0.15, 0.2) is 12.1 Å². The van der Waals surface area contributed by atoms with Gasteiger partial charge in [0, 0.05) is 37.5 Å². The molecule has 3 aliphatic heterocycles. The van der Waals surface area contributed by atoms with E-state index in [0.29, 0.717) is 29.0 Å². The molecule has 0 N–H and O–H groups in total. The zero-order chi connectivity index (χ0) is 12.1. The quantitative estimate of drug-likeness (QED) is 0.818. The van der Waals surface area contributed by atoms with Gasteiger partial charge in [0.1, 0.15) is 6.10 Å². The van der Waals surface area contributed by atoms with Gasteiger partial charge in [-0.15, -0.1) is 10.2 Å². The van der Waals surface area contributed by atoms with Crippen molar-refractivity contribution in [1.29, 1.82) is 0 Å². The molecule has 0 radical (unpaired) electrons. The monoisotopic (exact) mass is 265 g/mol. The molecule has 5 heteroatoms. The summed E-state index contributed by atoms with van der Waals surface area (Å²) in [5.74, 6) is 2.87. The largest absolute Gasteiger partial charge is 0.473 e. The molecule has 2 unspecified atom stereocenters. The van der Waals surface area contributed by atoms with Gasteiger partial charge in [0.25, 0.3) is 0 Å². The molecule has 1 aliphatic carbocycles. The van der Waals surface area contributed by atoms with Crippen molar-refractivity contribution < 1.29 is 4.74 Å². The number of nitrogens with zero attached hydrogens (tertiary/aromatic N) is 3. The van der Waals surface area contributed by atoms with Gasteiger partial charge in [-0.3, -0.25) is 0 Å². The molecule has 1 aromatic rings. The maximum absolute atomic E-state index is 6.09. The van der Waals surface area contributed by atoms with E-state index in [4.69, 9.17) is 16.3 Å². The van der Waals surface area contributed by atoms with E-state index >= 15 is 0 Å². The van der Waals surface area contributed by atoms with Crippen molar-refractivity contribution in [2.24, 2.45) is 17.8 Å². The first-order valence-electron chi connectivity index (χ1n) is 6.66. The van der Waals surface area contributed by atoms with Crippen molar-refractivity contribution in [3.8, 4) is 5.88 Å². The van der Waals surface area contributed by atoms with E-state index in [1.54, 1.807) is 6.07 Å². The molecule has 5 rings (SSSR count). The van der Waals surface area contributed by atoms with Crippen LogP contribution >= 0.6 is 11.6 Å². The van der Waals surface area contributed by atoms with Gasteiger partial charge in [-0.25, -0.2) is 0 Å². The standard InChI is InChI=1S/C13H16ClN3O/c14-11-1-2-12(16-15-11)18-13-9-3-8-4-10(13)7-17(5-8)6-9/h1-2,8-10,13H,3-7H2. The molecule has 4 aliphatic rings. The third-order valence-electron chi connectivity index (χ3n) is 4.57. The fraction of sp³-hybridized carbons (Fsp3) is 0.692. The maximum Gasteiger partial charge on any atom is 0.233 e. The summed E-state index contributed by atoms with van der Waals surface area (Å²) in [6.07, 6.45) is 2.96. The normalized spacial score (nSPS) is 41.1. The third-order valence-corrected chi connectivity index (χ3v) is 4.77. The average Bonchev–Trinajstić information content (AvgIpc) is 2.35. The highest BCUT2D eigenvalue weighted by atomic mass is 35.5. The molecule has 3 saturated heterocycles. The van der Waals surface area contributed by atoms with Crippen molar-refractivity contribution >= 4 is 11.6 Å². The molecule has 4 nitrogen and oxygen atoms in total. The maximum atomic E-state index is 6.09. The van der Waals surface area contributed by atoms with Gasteiger partial charge in [-0.2, -0.15) is 0 Å². The van der Waals surface area contributed by atoms with Crippen LogP contribution in [0, 0.1) is 17.8 Å². The number of hydrogen-bond donors (Lipinski definition) is 0. The molecule has 4 bridgehead atoms. The summed E-state index contributed by atoms with van der Waals surface area (Å²) in [4.78, 5) is 2.60. The first kappa shape index (κ1) is 11.0. The molecule has 18 heavy (non-hydrogen) atoms. The van der Waals surface area contributed by atoms with E-state index in [2.05, 4.69) is 15.1 Å². The van der Waals surface area contributed by atoms with E-state index in [9.17, 15) is 0 Å². The summed E-state index contributed by atoms with van der Waals surface area (Å²) in [6.45, 7) is 3.69. The first-order chi connectivity index (χ1) is 8.78. The summed E-state index contributed by atoms with van der Waals surface area (Å²) in [5.41, 5.74) is 0. The minimum Gasteiger partial charge on any atom is -0.473 e. The van der Waals surface area contributed by atoms with Gasteiger partial charge in [0.2, 0.25) is 5.88 Å². The van der Waals surface area contributed by atoms with Crippen LogP contribution in [-0.2, 0) is 0 Å². The second-order valence-electron chi connectivity index (χ2n) is 5.85. The van der Waals surface area contributed by atoms with Crippen LogP contribution in [0.2, 0.25) is 5.15 Å². The second kappa shape index (κ2) is 4.07. The Morgan fingerprint density at radius 1 is 1.11 bits per heavy atom. The smallest absolute Gasteiger partial charge is 0.233 e. The molecular formula is C13H16ClN3O. The van der Waals surface area contributed by atoms with E-state index in [1.807, 2.05) is 6.07 Å². The van der Waals surface area contributed by atoms with E-state index < -0.39 is 0 Å². The van der Waals surface area contributed by atoms with Crippen molar-refractivity contribution in [1.82, 2.24) is 15.1 Å². The molecule has 2 atom stereocenters. The second-order valence-corrected chi connectivity index (χ2v) is 6.24. The van der Waals surface area contributed by atoms with Gasteiger partial charge < -0.3 is 9.64 Å². The molecule has 0 spiro atoms. The Hall–Kier alpha value is -0.870. The SMILES string of the molecule is Clc1ccc(OC2C3CC4CC2CN(C4)C3)nn1. The lowest BCUT2D eigenvalue weighted by Crippen LogP contribution is -2.61. The fourth-order valence-corrected chi connectivity index (χ4v) is 4.16. The van der Waals surface area contributed by atoms with Crippen LogP contribution in [0.5, 0.6) is 5.88 Å². The highest BCUT2D eigenvalue weighted by molar-refractivity contribution is 6.29. The number of ether oxygens (including phenoxy) is 1. The van der Waals surface area contributed by atoms with Crippen LogP contribution < -0.4 is 4.74 Å². The Labute approximate surface area is 111 Å². The van der Waals surface area contributed by atoms with Gasteiger partial charge in [-0.1, -0.05) is 11.6 Å².